The van der Waals surface area contributed by atoms with E-state index in [9.17, 15) is 4.79 Å². The molecule has 0 atom stereocenters. The van der Waals surface area contributed by atoms with Crippen LogP contribution in [0.2, 0.25) is 0 Å². The molecule has 1 amide bonds. The predicted molar refractivity (Wildman–Crippen MR) is 45.6 cm³/mol. The maximum absolute atomic E-state index is 11.7. The summed E-state index contributed by atoms with van der Waals surface area (Å²) >= 11 is 0. The Bertz CT molecular complexity index is 231. The molecule has 1 saturated heterocycles. The van der Waals surface area contributed by atoms with Crippen LogP contribution < -0.4 is 0 Å². The van der Waals surface area contributed by atoms with Crippen molar-refractivity contribution in [3.05, 3.63) is 11.8 Å². The SMILES string of the molecule is O=C(C1=COCCC1)N1CCCO1. The van der Waals surface area contributed by atoms with Crippen molar-refractivity contribution in [3.8, 4) is 0 Å². The third kappa shape index (κ3) is 1.83. The number of hydrogen-bond acceptors (Lipinski definition) is 3. The molecule has 0 N–H and O–H groups in total. The quantitative estimate of drug-likeness (QED) is 0.604. The number of rotatable bonds is 1. The summed E-state index contributed by atoms with van der Waals surface area (Å²) in [6.07, 6.45) is 4.22. The van der Waals surface area contributed by atoms with Crippen molar-refractivity contribution < 1.29 is 14.4 Å². The van der Waals surface area contributed by atoms with Crippen LogP contribution in [-0.2, 0) is 14.4 Å². The van der Waals surface area contributed by atoms with Gasteiger partial charge in [0.15, 0.2) is 0 Å². The highest BCUT2D eigenvalue weighted by atomic mass is 16.7. The van der Waals surface area contributed by atoms with Gasteiger partial charge in [-0.3, -0.25) is 9.63 Å². The number of amides is 1. The molecule has 0 saturated carbocycles. The molecule has 0 spiro atoms. The third-order valence-electron chi connectivity index (χ3n) is 2.19. The van der Waals surface area contributed by atoms with Gasteiger partial charge in [0.2, 0.25) is 0 Å². The molecule has 2 aliphatic heterocycles. The second-order valence-electron chi connectivity index (χ2n) is 3.21. The second-order valence-corrected chi connectivity index (χ2v) is 3.21. The first-order valence-electron chi connectivity index (χ1n) is 4.63. The fraction of sp³-hybridized carbons (Fsp3) is 0.667. The highest BCUT2D eigenvalue weighted by molar-refractivity contribution is 5.92. The Morgan fingerprint density at radius 3 is 2.92 bits per heavy atom. The van der Waals surface area contributed by atoms with Crippen LogP contribution in [0.15, 0.2) is 11.8 Å². The number of nitrogens with zero attached hydrogens (tertiary/aromatic N) is 1. The van der Waals surface area contributed by atoms with Gasteiger partial charge in [0.25, 0.3) is 5.91 Å². The van der Waals surface area contributed by atoms with Crippen molar-refractivity contribution in [2.75, 3.05) is 19.8 Å². The zero-order valence-electron chi connectivity index (χ0n) is 7.49. The van der Waals surface area contributed by atoms with Gasteiger partial charge in [0.1, 0.15) is 0 Å². The lowest BCUT2D eigenvalue weighted by Crippen LogP contribution is -2.29. The zero-order valence-corrected chi connectivity index (χ0v) is 7.49. The Labute approximate surface area is 77.1 Å². The minimum Gasteiger partial charge on any atom is -0.501 e. The van der Waals surface area contributed by atoms with Crippen LogP contribution in [-0.4, -0.2) is 30.7 Å². The predicted octanol–water partition coefficient (Wildman–Crippen LogP) is 0.845. The lowest BCUT2D eigenvalue weighted by molar-refractivity contribution is -0.164. The molecule has 0 radical (unpaired) electrons. The maximum Gasteiger partial charge on any atom is 0.276 e. The monoisotopic (exact) mass is 183 g/mol. The van der Waals surface area contributed by atoms with E-state index in [4.69, 9.17) is 9.57 Å². The average Bonchev–Trinajstić information content (AvgIpc) is 2.71. The molecule has 2 heterocycles. The Hall–Kier alpha value is -1.03. The Morgan fingerprint density at radius 1 is 1.38 bits per heavy atom. The summed E-state index contributed by atoms with van der Waals surface area (Å²) in [4.78, 5) is 16.8. The summed E-state index contributed by atoms with van der Waals surface area (Å²) in [5, 5.41) is 1.43. The van der Waals surface area contributed by atoms with Gasteiger partial charge < -0.3 is 4.74 Å². The number of carbonyl (C=O) groups excluding carboxylic acids is 1. The molecule has 1 fully saturated rings. The van der Waals surface area contributed by atoms with Crippen molar-refractivity contribution in [2.24, 2.45) is 0 Å². The molecule has 0 aromatic rings. The van der Waals surface area contributed by atoms with Gasteiger partial charge in [-0.15, -0.1) is 0 Å². The van der Waals surface area contributed by atoms with Crippen LogP contribution in [0.3, 0.4) is 0 Å². The summed E-state index contributed by atoms with van der Waals surface area (Å²) in [6, 6.07) is 0. The van der Waals surface area contributed by atoms with E-state index in [1.165, 1.54) is 5.06 Å². The van der Waals surface area contributed by atoms with Crippen LogP contribution >= 0.6 is 0 Å². The van der Waals surface area contributed by atoms with Gasteiger partial charge in [0, 0.05) is 0 Å². The minimum absolute atomic E-state index is 0.0304. The second kappa shape index (κ2) is 3.79. The van der Waals surface area contributed by atoms with E-state index >= 15 is 0 Å². The van der Waals surface area contributed by atoms with E-state index in [0.29, 0.717) is 13.2 Å². The molecule has 0 aromatic carbocycles. The zero-order chi connectivity index (χ0) is 9.10. The lowest BCUT2D eigenvalue weighted by atomic mass is 10.1. The van der Waals surface area contributed by atoms with E-state index in [2.05, 4.69) is 0 Å². The molecule has 4 nitrogen and oxygen atoms in total. The smallest absolute Gasteiger partial charge is 0.276 e. The van der Waals surface area contributed by atoms with Gasteiger partial charge in [-0.25, -0.2) is 5.06 Å². The molecular formula is C9H13NO3. The van der Waals surface area contributed by atoms with E-state index in [1.54, 1.807) is 6.26 Å². The molecule has 0 bridgehead atoms. The van der Waals surface area contributed by atoms with Crippen molar-refractivity contribution in [1.82, 2.24) is 5.06 Å². The van der Waals surface area contributed by atoms with Gasteiger partial charge in [-0.2, -0.15) is 0 Å². The molecule has 0 unspecified atom stereocenters. The van der Waals surface area contributed by atoms with Crippen LogP contribution in [0.25, 0.3) is 0 Å². The molecule has 0 aromatic heterocycles. The van der Waals surface area contributed by atoms with Crippen molar-refractivity contribution in [2.45, 2.75) is 19.3 Å². The molecule has 4 heteroatoms. The van der Waals surface area contributed by atoms with E-state index in [0.717, 1.165) is 31.4 Å². The fourth-order valence-electron chi connectivity index (χ4n) is 1.49. The number of ether oxygens (including phenoxy) is 1. The normalized spacial score (nSPS) is 22.5. The van der Waals surface area contributed by atoms with Gasteiger partial charge in [-0.05, 0) is 19.3 Å². The maximum atomic E-state index is 11.7. The van der Waals surface area contributed by atoms with Crippen molar-refractivity contribution in [3.63, 3.8) is 0 Å². The highest BCUT2D eigenvalue weighted by Crippen LogP contribution is 2.17. The average molecular weight is 183 g/mol. The molecule has 0 aliphatic carbocycles. The summed E-state index contributed by atoms with van der Waals surface area (Å²) in [5.41, 5.74) is 0.730. The van der Waals surface area contributed by atoms with Crippen LogP contribution in [0, 0.1) is 0 Å². The fourth-order valence-corrected chi connectivity index (χ4v) is 1.49. The lowest BCUT2D eigenvalue weighted by Gasteiger charge is -2.18. The van der Waals surface area contributed by atoms with Crippen molar-refractivity contribution in [1.29, 1.82) is 0 Å². The first-order valence-corrected chi connectivity index (χ1v) is 4.63. The summed E-state index contributed by atoms with van der Waals surface area (Å²) < 4.78 is 5.10. The molecule has 2 rings (SSSR count). The van der Waals surface area contributed by atoms with E-state index in [1.807, 2.05) is 0 Å². The van der Waals surface area contributed by atoms with Crippen molar-refractivity contribution >= 4 is 5.91 Å². The number of hydrogen-bond donors (Lipinski definition) is 0. The van der Waals surface area contributed by atoms with Crippen LogP contribution in [0.1, 0.15) is 19.3 Å². The standard InChI is InChI=1S/C9H13NO3/c11-9(10-4-2-6-13-10)8-3-1-5-12-7-8/h7H,1-6H2. The molecule has 13 heavy (non-hydrogen) atoms. The first-order chi connectivity index (χ1) is 6.38. The third-order valence-corrected chi connectivity index (χ3v) is 2.19. The van der Waals surface area contributed by atoms with Crippen LogP contribution in [0.4, 0.5) is 0 Å². The van der Waals surface area contributed by atoms with Gasteiger partial charge in [0.05, 0.1) is 31.6 Å². The Morgan fingerprint density at radius 2 is 2.31 bits per heavy atom. The summed E-state index contributed by atoms with van der Waals surface area (Å²) in [7, 11) is 0. The van der Waals surface area contributed by atoms with Gasteiger partial charge >= 0.3 is 0 Å². The van der Waals surface area contributed by atoms with Gasteiger partial charge in [-0.1, -0.05) is 0 Å². The minimum atomic E-state index is -0.0304. The Kier molecular flexibility index (Phi) is 2.49. The summed E-state index contributed by atoms with van der Waals surface area (Å²) in [5.74, 6) is -0.0304. The number of hydroxylamine groups is 2. The van der Waals surface area contributed by atoms with E-state index in [-0.39, 0.29) is 5.91 Å². The summed E-state index contributed by atoms with van der Waals surface area (Å²) in [6.45, 7) is 2.08. The number of carbonyl (C=O) groups is 1. The molecule has 72 valence electrons. The molecule has 2 aliphatic rings. The topological polar surface area (TPSA) is 38.8 Å². The first kappa shape index (κ1) is 8.56. The molecular weight excluding hydrogens is 170 g/mol. The highest BCUT2D eigenvalue weighted by Gasteiger charge is 2.23. The van der Waals surface area contributed by atoms with E-state index < -0.39 is 0 Å². The van der Waals surface area contributed by atoms with Crippen LogP contribution in [0.5, 0.6) is 0 Å². The Balaban J connectivity index is 1.98. The largest absolute Gasteiger partial charge is 0.501 e.